The number of aryl methyl sites for hydroxylation is 1. The van der Waals surface area contributed by atoms with E-state index in [0.717, 1.165) is 24.5 Å². The van der Waals surface area contributed by atoms with Crippen molar-refractivity contribution < 1.29 is 0 Å². The Morgan fingerprint density at radius 2 is 2.05 bits per heavy atom. The smallest absolute Gasteiger partial charge is 0.0894 e. The number of anilines is 1. The third kappa shape index (κ3) is 2.56. The quantitative estimate of drug-likeness (QED) is 0.773. The van der Waals surface area contributed by atoms with Crippen molar-refractivity contribution >= 4 is 5.69 Å². The Labute approximate surface area is 117 Å². The summed E-state index contributed by atoms with van der Waals surface area (Å²) in [4.78, 5) is 0. The van der Waals surface area contributed by atoms with Gasteiger partial charge < -0.3 is 9.88 Å². The molecule has 0 aliphatic rings. The second kappa shape index (κ2) is 5.61. The lowest BCUT2D eigenvalue weighted by Crippen LogP contribution is -2.04. The van der Waals surface area contributed by atoms with Crippen molar-refractivity contribution in [2.45, 2.75) is 20.0 Å². The molecule has 2 aromatic heterocycles. The van der Waals surface area contributed by atoms with Gasteiger partial charge in [-0.3, -0.25) is 0 Å². The molecule has 3 aromatic rings. The fraction of sp³-hybridized carbons (Fsp3) is 0.200. The van der Waals surface area contributed by atoms with Crippen LogP contribution in [0.4, 0.5) is 5.69 Å². The van der Waals surface area contributed by atoms with Crippen molar-refractivity contribution in [1.29, 1.82) is 0 Å². The number of aromatic nitrogens is 4. The molecule has 0 unspecified atom stereocenters. The van der Waals surface area contributed by atoms with E-state index in [-0.39, 0.29) is 0 Å². The zero-order valence-corrected chi connectivity index (χ0v) is 11.4. The molecule has 0 spiro atoms. The van der Waals surface area contributed by atoms with Crippen molar-refractivity contribution in [2.75, 3.05) is 5.32 Å². The van der Waals surface area contributed by atoms with Gasteiger partial charge in [0.1, 0.15) is 0 Å². The Bertz CT molecular complexity index is 669. The summed E-state index contributed by atoms with van der Waals surface area (Å²) < 4.78 is 3.93. The van der Waals surface area contributed by atoms with Crippen LogP contribution >= 0.6 is 0 Å². The fourth-order valence-electron chi connectivity index (χ4n) is 2.15. The standard InChI is InChI=1S/C15H17N5/c1-2-19-9-7-13(12-19)11-16-14-5-3-4-6-15(14)20-10-8-17-18-20/h3-10,12,16H,2,11H2,1H3. The van der Waals surface area contributed by atoms with Crippen molar-refractivity contribution in [3.05, 3.63) is 60.7 Å². The second-order valence-electron chi connectivity index (χ2n) is 4.57. The number of nitrogens with zero attached hydrogens (tertiary/aromatic N) is 4. The third-order valence-electron chi connectivity index (χ3n) is 3.23. The van der Waals surface area contributed by atoms with Crippen LogP contribution in [-0.4, -0.2) is 19.6 Å². The van der Waals surface area contributed by atoms with E-state index >= 15 is 0 Å². The summed E-state index contributed by atoms with van der Waals surface area (Å²) in [5, 5.41) is 11.3. The van der Waals surface area contributed by atoms with Gasteiger partial charge in [-0.15, -0.1) is 5.10 Å². The highest BCUT2D eigenvalue weighted by molar-refractivity contribution is 5.60. The molecular weight excluding hydrogens is 250 g/mol. The van der Waals surface area contributed by atoms with E-state index in [9.17, 15) is 0 Å². The van der Waals surface area contributed by atoms with Crippen LogP contribution in [0.5, 0.6) is 0 Å². The fourth-order valence-corrected chi connectivity index (χ4v) is 2.15. The van der Waals surface area contributed by atoms with Crippen LogP contribution in [0.2, 0.25) is 0 Å². The summed E-state index contributed by atoms with van der Waals surface area (Å²) in [5.41, 5.74) is 3.31. The lowest BCUT2D eigenvalue weighted by molar-refractivity contribution is 0.766. The summed E-state index contributed by atoms with van der Waals surface area (Å²) in [7, 11) is 0. The summed E-state index contributed by atoms with van der Waals surface area (Å²) >= 11 is 0. The van der Waals surface area contributed by atoms with Gasteiger partial charge in [0.15, 0.2) is 0 Å². The molecule has 0 aliphatic heterocycles. The highest BCUT2D eigenvalue weighted by Gasteiger charge is 2.04. The van der Waals surface area contributed by atoms with E-state index in [2.05, 4.69) is 45.6 Å². The molecule has 0 saturated carbocycles. The maximum atomic E-state index is 4.04. The maximum absolute atomic E-state index is 4.04. The van der Waals surface area contributed by atoms with Crippen LogP contribution in [-0.2, 0) is 13.1 Å². The Kier molecular flexibility index (Phi) is 3.50. The monoisotopic (exact) mass is 267 g/mol. The van der Waals surface area contributed by atoms with E-state index in [4.69, 9.17) is 0 Å². The van der Waals surface area contributed by atoms with Crippen molar-refractivity contribution in [3.8, 4) is 5.69 Å². The minimum atomic E-state index is 0.790. The zero-order chi connectivity index (χ0) is 13.8. The van der Waals surface area contributed by atoms with Crippen LogP contribution in [0.25, 0.3) is 5.69 Å². The molecule has 0 fully saturated rings. The molecule has 0 atom stereocenters. The SMILES string of the molecule is CCn1ccc(CNc2ccccc2-n2ccnn2)c1. The lowest BCUT2D eigenvalue weighted by Gasteiger charge is -2.10. The molecule has 0 aliphatic carbocycles. The largest absolute Gasteiger partial charge is 0.379 e. The van der Waals surface area contributed by atoms with Crippen LogP contribution in [0.1, 0.15) is 12.5 Å². The van der Waals surface area contributed by atoms with Gasteiger partial charge in [-0.25, -0.2) is 4.68 Å². The van der Waals surface area contributed by atoms with E-state index in [1.165, 1.54) is 5.56 Å². The van der Waals surface area contributed by atoms with E-state index < -0.39 is 0 Å². The molecule has 1 aromatic carbocycles. The molecular formula is C15H17N5. The molecule has 5 nitrogen and oxygen atoms in total. The van der Waals surface area contributed by atoms with E-state index in [1.54, 1.807) is 10.9 Å². The molecule has 1 N–H and O–H groups in total. The average Bonchev–Trinajstić information content (AvgIpc) is 3.17. The number of benzene rings is 1. The predicted molar refractivity (Wildman–Crippen MR) is 78.8 cm³/mol. The summed E-state index contributed by atoms with van der Waals surface area (Å²) in [5.74, 6) is 0. The normalized spacial score (nSPS) is 10.7. The first-order valence-electron chi connectivity index (χ1n) is 6.71. The molecule has 0 bridgehead atoms. The van der Waals surface area contributed by atoms with Gasteiger partial charge >= 0.3 is 0 Å². The van der Waals surface area contributed by atoms with Crippen LogP contribution in [0.3, 0.4) is 0 Å². The van der Waals surface area contributed by atoms with E-state index in [0.29, 0.717) is 0 Å². The molecule has 0 amide bonds. The van der Waals surface area contributed by atoms with Crippen molar-refractivity contribution in [3.63, 3.8) is 0 Å². The van der Waals surface area contributed by atoms with Gasteiger partial charge in [0.2, 0.25) is 0 Å². The minimum Gasteiger partial charge on any atom is -0.379 e. The number of rotatable bonds is 5. The van der Waals surface area contributed by atoms with Crippen molar-refractivity contribution in [2.24, 2.45) is 0 Å². The number of para-hydroxylation sites is 2. The summed E-state index contributed by atoms with van der Waals surface area (Å²) in [6, 6.07) is 10.2. The molecule has 2 heterocycles. The van der Waals surface area contributed by atoms with Gasteiger partial charge in [0.05, 0.1) is 23.8 Å². The predicted octanol–water partition coefficient (Wildman–Crippen LogP) is 2.70. The minimum absolute atomic E-state index is 0.790. The molecule has 5 heteroatoms. The van der Waals surface area contributed by atoms with Crippen LogP contribution in [0, 0.1) is 0 Å². The summed E-state index contributed by atoms with van der Waals surface area (Å²) in [6.45, 7) is 3.92. The average molecular weight is 267 g/mol. The number of hydrogen-bond donors (Lipinski definition) is 1. The maximum Gasteiger partial charge on any atom is 0.0894 e. The van der Waals surface area contributed by atoms with Gasteiger partial charge in [-0.2, -0.15) is 0 Å². The van der Waals surface area contributed by atoms with Gasteiger partial charge in [0.25, 0.3) is 0 Å². The van der Waals surface area contributed by atoms with E-state index in [1.807, 2.05) is 30.5 Å². The van der Waals surface area contributed by atoms with Crippen molar-refractivity contribution in [1.82, 2.24) is 19.6 Å². The number of nitrogens with one attached hydrogen (secondary N) is 1. The zero-order valence-electron chi connectivity index (χ0n) is 11.4. The Morgan fingerprint density at radius 3 is 2.80 bits per heavy atom. The number of hydrogen-bond acceptors (Lipinski definition) is 3. The topological polar surface area (TPSA) is 47.7 Å². The lowest BCUT2D eigenvalue weighted by atomic mass is 10.2. The molecule has 3 rings (SSSR count). The molecule has 102 valence electrons. The summed E-state index contributed by atoms with van der Waals surface area (Å²) in [6.07, 6.45) is 7.78. The second-order valence-corrected chi connectivity index (χ2v) is 4.57. The first kappa shape index (κ1) is 12.5. The highest BCUT2D eigenvalue weighted by Crippen LogP contribution is 2.19. The first-order chi connectivity index (χ1) is 9.86. The third-order valence-corrected chi connectivity index (χ3v) is 3.23. The van der Waals surface area contributed by atoms with Gasteiger partial charge in [0, 0.05) is 25.5 Å². The Hall–Kier alpha value is -2.56. The van der Waals surface area contributed by atoms with Gasteiger partial charge in [-0.05, 0) is 30.7 Å². The van der Waals surface area contributed by atoms with Gasteiger partial charge in [-0.1, -0.05) is 17.3 Å². The Balaban J connectivity index is 1.77. The van der Waals surface area contributed by atoms with Crippen LogP contribution in [0.15, 0.2) is 55.1 Å². The van der Waals surface area contributed by atoms with Crippen LogP contribution < -0.4 is 5.32 Å². The first-order valence-corrected chi connectivity index (χ1v) is 6.71. The molecule has 0 radical (unpaired) electrons. The Morgan fingerprint density at radius 1 is 1.15 bits per heavy atom. The molecule has 0 saturated heterocycles. The highest BCUT2D eigenvalue weighted by atomic mass is 15.4. The molecule has 20 heavy (non-hydrogen) atoms.